The number of aromatic nitrogens is 4. The van der Waals surface area contributed by atoms with Crippen LogP contribution in [0.5, 0.6) is 11.6 Å². The number of benzene rings is 1. The molecular formula is C26H24ClN5O5. The van der Waals surface area contributed by atoms with Crippen molar-refractivity contribution in [2.45, 2.75) is 33.4 Å². The van der Waals surface area contributed by atoms with Crippen molar-refractivity contribution in [3.63, 3.8) is 0 Å². The largest absolute Gasteiger partial charge is 0.477 e. The molecule has 0 unspecified atom stereocenters. The third-order valence-electron chi connectivity index (χ3n) is 5.43. The number of pyridine rings is 2. The molecule has 2 N–H and O–H groups in total. The number of aryl methyl sites for hydroxylation is 1. The summed E-state index contributed by atoms with van der Waals surface area (Å²) >= 11 is 6.00. The van der Waals surface area contributed by atoms with Gasteiger partial charge in [-0.25, -0.2) is 19.6 Å². The lowest BCUT2D eigenvalue weighted by Crippen LogP contribution is -2.40. The molecule has 0 amide bonds. The van der Waals surface area contributed by atoms with Gasteiger partial charge in [0.2, 0.25) is 5.88 Å². The number of aromatic carboxylic acids is 1. The van der Waals surface area contributed by atoms with Crippen molar-refractivity contribution in [3.8, 4) is 11.6 Å². The van der Waals surface area contributed by atoms with Crippen LogP contribution in [0.3, 0.4) is 0 Å². The van der Waals surface area contributed by atoms with Crippen LogP contribution in [0.2, 0.25) is 5.02 Å². The van der Waals surface area contributed by atoms with E-state index >= 15 is 0 Å². The van der Waals surface area contributed by atoms with Crippen LogP contribution in [0.15, 0.2) is 70.3 Å². The van der Waals surface area contributed by atoms with Gasteiger partial charge in [-0.3, -0.25) is 13.9 Å². The van der Waals surface area contributed by atoms with E-state index in [1.807, 2.05) is 19.1 Å². The Bertz CT molecular complexity index is 1560. The third-order valence-corrected chi connectivity index (χ3v) is 5.68. The summed E-state index contributed by atoms with van der Waals surface area (Å²) in [5, 5.41) is 12.8. The lowest BCUT2D eigenvalue weighted by atomic mass is 10.2. The number of hydrogen-bond donors (Lipinski definition) is 2. The number of carbonyl (C=O) groups is 1. The summed E-state index contributed by atoms with van der Waals surface area (Å²) in [4.78, 5) is 45.5. The second kappa shape index (κ2) is 11.1. The Balaban J connectivity index is 1.65. The SMILES string of the molecule is CCCn1c(=O)cc(Nc2ccc(Oc3cccc(C(=O)O)n3)c(C)n2)n(Cc2ccc(Cl)cc2)c1=O. The molecule has 4 aromatic rings. The van der Waals surface area contributed by atoms with E-state index in [4.69, 9.17) is 21.4 Å². The first-order valence-electron chi connectivity index (χ1n) is 11.5. The average molecular weight is 522 g/mol. The van der Waals surface area contributed by atoms with Crippen molar-refractivity contribution >= 4 is 29.2 Å². The van der Waals surface area contributed by atoms with E-state index in [0.717, 1.165) is 5.56 Å². The molecule has 3 heterocycles. The van der Waals surface area contributed by atoms with Crippen molar-refractivity contribution in [2.75, 3.05) is 5.32 Å². The Hall–Kier alpha value is -4.44. The minimum Gasteiger partial charge on any atom is -0.477 e. The number of ether oxygens (including phenoxy) is 1. The molecule has 1 aromatic carbocycles. The number of carboxylic acid groups (broad SMARTS) is 1. The van der Waals surface area contributed by atoms with Gasteiger partial charge in [0.15, 0.2) is 11.4 Å². The number of anilines is 2. The predicted molar refractivity (Wildman–Crippen MR) is 139 cm³/mol. The second-order valence-electron chi connectivity index (χ2n) is 8.19. The topological polar surface area (TPSA) is 128 Å². The highest BCUT2D eigenvalue weighted by Gasteiger charge is 2.14. The zero-order valence-corrected chi connectivity index (χ0v) is 20.9. The number of nitrogens with zero attached hydrogens (tertiary/aromatic N) is 4. The Kier molecular flexibility index (Phi) is 7.69. The average Bonchev–Trinajstić information content (AvgIpc) is 2.87. The fourth-order valence-electron chi connectivity index (χ4n) is 3.63. The molecule has 0 saturated carbocycles. The number of halogens is 1. The molecular weight excluding hydrogens is 498 g/mol. The molecule has 4 rings (SSSR count). The second-order valence-corrected chi connectivity index (χ2v) is 8.62. The van der Waals surface area contributed by atoms with Gasteiger partial charge in [0.1, 0.15) is 11.6 Å². The van der Waals surface area contributed by atoms with E-state index in [1.54, 1.807) is 37.3 Å². The fourth-order valence-corrected chi connectivity index (χ4v) is 3.76. The highest BCUT2D eigenvalue weighted by Crippen LogP contribution is 2.25. The lowest BCUT2D eigenvalue weighted by molar-refractivity contribution is 0.0689. The van der Waals surface area contributed by atoms with Crippen molar-refractivity contribution in [1.82, 2.24) is 19.1 Å². The normalized spacial score (nSPS) is 10.8. The summed E-state index contributed by atoms with van der Waals surface area (Å²) in [6, 6.07) is 16.2. The summed E-state index contributed by atoms with van der Waals surface area (Å²) < 4.78 is 8.39. The van der Waals surface area contributed by atoms with E-state index in [-0.39, 0.29) is 23.9 Å². The predicted octanol–water partition coefficient (Wildman–Crippen LogP) is 4.45. The standard InChI is InChI=1S/C26H24ClN5O5/c1-3-13-31-24(33)14-22(32(26(31)36)15-17-7-9-18(27)10-8-17)30-21-12-11-20(16(2)28-21)37-23-6-4-5-19(29-23)25(34)35/h4-12,14H,3,13,15H2,1-2H3,(H,28,30)(H,34,35). The Morgan fingerprint density at radius 2 is 1.81 bits per heavy atom. The Morgan fingerprint density at radius 1 is 1.05 bits per heavy atom. The molecule has 37 heavy (non-hydrogen) atoms. The van der Waals surface area contributed by atoms with E-state index in [9.17, 15) is 14.4 Å². The summed E-state index contributed by atoms with van der Waals surface area (Å²) in [6.07, 6.45) is 0.634. The lowest BCUT2D eigenvalue weighted by Gasteiger charge is -2.17. The first kappa shape index (κ1) is 25.6. The monoisotopic (exact) mass is 521 g/mol. The minimum absolute atomic E-state index is 0.113. The molecule has 0 spiro atoms. The summed E-state index contributed by atoms with van der Waals surface area (Å²) in [5.74, 6) is -0.00704. The zero-order valence-electron chi connectivity index (χ0n) is 20.1. The maximum Gasteiger partial charge on any atom is 0.354 e. The van der Waals surface area contributed by atoms with Crippen LogP contribution in [0.25, 0.3) is 0 Å². The summed E-state index contributed by atoms with van der Waals surface area (Å²) in [6.45, 7) is 4.13. The molecule has 0 saturated heterocycles. The highest BCUT2D eigenvalue weighted by molar-refractivity contribution is 6.30. The molecule has 190 valence electrons. The van der Waals surface area contributed by atoms with Crippen LogP contribution in [-0.4, -0.2) is 30.2 Å². The van der Waals surface area contributed by atoms with Gasteiger partial charge in [-0.15, -0.1) is 0 Å². The molecule has 10 nitrogen and oxygen atoms in total. The Labute approximate surface area is 216 Å². The maximum atomic E-state index is 13.2. The van der Waals surface area contributed by atoms with Crippen molar-refractivity contribution in [3.05, 3.63) is 103 Å². The molecule has 0 aliphatic rings. The molecule has 0 fully saturated rings. The van der Waals surface area contributed by atoms with E-state index in [1.165, 1.54) is 27.3 Å². The van der Waals surface area contributed by atoms with Gasteiger partial charge in [0.25, 0.3) is 5.56 Å². The number of carboxylic acids is 1. The van der Waals surface area contributed by atoms with Gasteiger partial charge in [0, 0.05) is 23.7 Å². The quantitative estimate of drug-likeness (QED) is 0.330. The van der Waals surface area contributed by atoms with Gasteiger partial charge >= 0.3 is 11.7 Å². The molecule has 0 radical (unpaired) electrons. The van der Waals surface area contributed by atoms with Crippen LogP contribution >= 0.6 is 11.6 Å². The van der Waals surface area contributed by atoms with Gasteiger partial charge < -0.3 is 15.2 Å². The Morgan fingerprint density at radius 3 is 2.49 bits per heavy atom. The number of hydrogen-bond acceptors (Lipinski definition) is 7. The number of nitrogens with one attached hydrogen (secondary N) is 1. The van der Waals surface area contributed by atoms with Gasteiger partial charge in [-0.05, 0) is 49.2 Å². The summed E-state index contributed by atoms with van der Waals surface area (Å²) in [7, 11) is 0. The highest BCUT2D eigenvalue weighted by atomic mass is 35.5. The van der Waals surface area contributed by atoms with Crippen LogP contribution < -0.4 is 21.3 Å². The van der Waals surface area contributed by atoms with Gasteiger partial charge in [-0.2, -0.15) is 0 Å². The van der Waals surface area contributed by atoms with E-state index < -0.39 is 17.2 Å². The molecule has 0 bridgehead atoms. The van der Waals surface area contributed by atoms with Crippen LogP contribution in [0.1, 0.15) is 35.1 Å². The van der Waals surface area contributed by atoms with Crippen molar-refractivity contribution in [1.29, 1.82) is 0 Å². The molecule has 11 heteroatoms. The molecule has 3 aromatic heterocycles. The molecule has 0 aliphatic carbocycles. The first-order valence-corrected chi connectivity index (χ1v) is 11.8. The minimum atomic E-state index is -1.16. The van der Waals surface area contributed by atoms with Crippen LogP contribution in [-0.2, 0) is 13.1 Å². The van der Waals surface area contributed by atoms with E-state index in [0.29, 0.717) is 35.2 Å². The van der Waals surface area contributed by atoms with Crippen molar-refractivity contribution in [2.24, 2.45) is 0 Å². The fraction of sp³-hybridized carbons (Fsp3) is 0.192. The molecule has 0 atom stereocenters. The van der Waals surface area contributed by atoms with E-state index in [2.05, 4.69) is 15.3 Å². The molecule has 0 aliphatic heterocycles. The van der Waals surface area contributed by atoms with Gasteiger partial charge in [-0.1, -0.05) is 36.7 Å². The third kappa shape index (κ3) is 6.04. The van der Waals surface area contributed by atoms with Gasteiger partial charge in [0.05, 0.1) is 12.2 Å². The van der Waals surface area contributed by atoms with Crippen LogP contribution in [0, 0.1) is 6.92 Å². The van der Waals surface area contributed by atoms with Crippen molar-refractivity contribution < 1.29 is 14.6 Å². The zero-order chi connectivity index (χ0) is 26.5. The summed E-state index contributed by atoms with van der Waals surface area (Å²) in [5.41, 5.74) is 0.326. The maximum absolute atomic E-state index is 13.2. The van der Waals surface area contributed by atoms with Crippen LogP contribution in [0.4, 0.5) is 11.6 Å². The number of rotatable bonds is 9. The smallest absolute Gasteiger partial charge is 0.354 e. The first-order chi connectivity index (χ1) is 17.7.